The number of nitrogens with zero attached hydrogens (tertiary/aromatic N) is 4. The molecule has 0 saturated carbocycles. The summed E-state index contributed by atoms with van der Waals surface area (Å²) in [4.78, 5) is 66.4. The number of hydrogen-bond acceptors (Lipinski definition) is 9. The second-order valence-corrected chi connectivity index (χ2v) is 11.3. The van der Waals surface area contributed by atoms with Crippen molar-refractivity contribution in [2.45, 2.75) is 38.6 Å². The number of ether oxygens (including phenoxy) is 1. The van der Waals surface area contributed by atoms with Gasteiger partial charge in [0.05, 0.1) is 5.56 Å². The lowest BCUT2D eigenvalue weighted by Crippen LogP contribution is -2.49. The Bertz CT molecular complexity index is 1270. The summed E-state index contributed by atoms with van der Waals surface area (Å²) in [7, 11) is 1.65. The monoisotopic (exact) mass is 591 g/mol. The number of carbonyl (C=O) groups is 5. The molecule has 4 rings (SSSR count). The molecule has 0 bridgehead atoms. The molecule has 2 heterocycles. The quantitative estimate of drug-likeness (QED) is 0.351. The Morgan fingerprint density at radius 3 is 2.23 bits per heavy atom. The number of nitrogens with one attached hydrogen (secondary N) is 1. The molecule has 0 aliphatic carbocycles. The third-order valence-corrected chi connectivity index (χ3v) is 8.64. The van der Waals surface area contributed by atoms with Gasteiger partial charge in [0.25, 0.3) is 12.4 Å². The third kappa shape index (κ3) is 8.41. The first-order valence-corrected chi connectivity index (χ1v) is 14.8. The largest absolute Gasteiger partial charge is 0.429 e. The van der Waals surface area contributed by atoms with Crippen LogP contribution >= 0.6 is 0 Å². The Morgan fingerprint density at radius 1 is 0.953 bits per heavy atom. The Balaban J connectivity index is 1.25. The van der Waals surface area contributed by atoms with E-state index in [-0.39, 0.29) is 18.4 Å². The summed E-state index contributed by atoms with van der Waals surface area (Å²) in [5.41, 5.74) is 2.77. The summed E-state index contributed by atoms with van der Waals surface area (Å²) in [5, 5.41) is 2.10. The number of benzene rings is 2. The van der Waals surface area contributed by atoms with E-state index >= 15 is 0 Å². The van der Waals surface area contributed by atoms with E-state index in [2.05, 4.69) is 20.0 Å². The van der Waals surface area contributed by atoms with Gasteiger partial charge in [-0.25, -0.2) is 0 Å². The van der Waals surface area contributed by atoms with Crippen LogP contribution in [0, 0.1) is 5.92 Å². The molecule has 2 aliphatic rings. The van der Waals surface area contributed by atoms with Gasteiger partial charge < -0.3 is 19.4 Å². The van der Waals surface area contributed by atoms with Gasteiger partial charge in [-0.15, -0.1) is 0 Å². The highest BCUT2D eigenvalue weighted by atomic mass is 16.5. The van der Waals surface area contributed by atoms with Gasteiger partial charge in [-0.1, -0.05) is 0 Å². The molecular weight excluding hydrogens is 550 g/mol. The number of piperazine rings is 1. The molecule has 0 spiro atoms. The van der Waals surface area contributed by atoms with Crippen LogP contribution in [0.15, 0.2) is 42.5 Å². The Morgan fingerprint density at radius 2 is 1.60 bits per heavy atom. The molecule has 3 amide bonds. The van der Waals surface area contributed by atoms with E-state index in [1.54, 1.807) is 19.2 Å². The zero-order valence-electron chi connectivity index (χ0n) is 24.9. The number of piperidine rings is 1. The molecule has 1 N–H and O–H groups in total. The average Bonchev–Trinajstić information content (AvgIpc) is 3.04. The fraction of sp³-hybridized carbons (Fsp3) is 0.469. The maximum Gasteiger partial charge on any atom is 0.298 e. The van der Waals surface area contributed by atoms with Gasteiger partial charge in [0.2, 0.25) is 12.3 Å². The Kier molecular flexibility index (Phi) is 11.3. The summed E-state index contributed by atoms with van der Waals surface area (Å²) in [6, 6.07) is 12.8. The standard InChI is InChI=1S/C32H41N5O6/c1-24(3-10-31(41)33-22-39)34(2)32(42)30-9-6-28(19-26(30)21-38)36-13-11-25(12-14-36)20-35-15-17-37(18-16-35)27-4-7-29(8-5-27)43-23-40/h4-9,19,21-25H,3,10-18,20H2,1-2H3,(H,33,39,41). The van der Waals surface area contributed by atoms with Crippen LogP contribution in [-0.4, -0.2) is 99.7 Å². The van der Waals surface area contributed by atoms with Gasteiger partial charge >= 0.3 is 0 Å². The van der Waals surface area contributed by atoms with Crippen LogP contribution in [0.4, 0.5) is 11.4 Å². The van der Waals surface area contributed by atoms with E-state index < -0.39 is 5.91 Å². The van der Waals surface area contributed by atoms with E-state index in [1.807, 2.05) is 37.3 Å². The van der Waals surface area contributed by atoms with Crippen LogP contribution in [-0.2, 0) is 14.4 Å². The molecule has 2 saturated heterocycles. The lowest BCUT2D eigenvalue weighted by atomic mass is 9.95. The lowest BCUT2D eigenvalue weighted by molar-refractivity contribution is -0.125. The Hall–Kier alpha value is -4.25. The van der Waals surface area contributed by atoms with E-state index in [4.69, 9.17) is 4.74 Å². The molecule has 1 atom stereocenters. The van der Waals surface area contributed by atoms with Gasteiger partial charge in [0.1, 0.15) is 5.75 Å². The second kappa shape index (κ2) is 15.3. The molecule has 2 aliphatic heterocycles. The maximum atomic E-state index is 13.2. The van der Waals surface area contributed by atoms with Gasteiger partial charge in [0.15, 0.2) is 6.29 Å². The molecule has 2 aromatic rings. The van der Waals surface area contributed by atoms with Crippen LogP contribution in [0.3, 0.4) is 0 Å². The van der Waals surface area contributed by atoms with Crippen LogP contribution < -0.4 is 19.9 Å². The molecular formula is C32H41N5O6. The highest BCUT2D eigenvalue weighted by Crippen LogP contribution is 2.27. The van der Waals surface area contributed by atoms with Crippen molar-refractivity contribution < 1.29 is 28.7 Å². The molecule has 2 fully saturated rings. The molecule has 0 radical (unpaired) electrons. The van der Waals surface area contributed by atoms with Crippen molar-refractivity contribution in [3.05, 3.63) is 53.6 Å². The first-order chi connectivity index (χ1) is 20.8. The highest BCUT2D eigenvalue weighted by molar-refractivity contribution is 6.02. The fourth-order valence-electron chi connectivity index (χ4n) is 5.82. The molecule has 43 heavy (non-hydrogen) atoms. The van der Waals surface area contributed by atoms with Crippen molar-refractivity contribution in [3.8, 4) is 5.75 Å². The molecule has 1 unspecified atom stereocenters. The smallest absolute Gasteiger partial charge is 0.298 e. The zero-order chi connectivity index (χ0) is 30.8. The molecule has 11 heteroatoms. The number of aldehydes is 1. The first-order valence-electron chi connectivity index (χ1n) is 14.8. The first kappa shape index (κ1) is 31.7. The normalized spacial score (nSPS) is 16.7. The minimum Gasteiger partial charge on any atom is -0.429 e. The maximum absolute atomic E-state index is 13.2. The minimum absolute atomic E-state index is 0.123. The lowest BCUT2D eigenvalue weighted by Gasteiger charge is -2.40. The fourth-order valence-corrected chi connectivity index (χ4v) is 5.82. The van der Waals surface area contributed by atoms with Crippen molar-refractivity contribution in [1.82, 2.24) is 15.1 Å². The number of carbonyl (C=O) groups excluding carboxylic acids is 5. The molecule has 11 nitrogen and oxygen atoms in total. The topological polar surface area (TPSA) is 120 Å². The molecule has 0 aromatic heterocycles. The van der Waals surface area contributed by atoms with Crippen molar-refractivity contribution in [3.63, 3.8) is 0 Å². The van der Waals surface area contributed by atoms with Gasteiger partial charge in [-0.2, -0.15) is 0 Å². The Labute approximate surface area is 252 Å². The SMILES string of the molecule is CC(CCC(=O)NC=O)N(C)C(=O)c1ccc(N2CCC(CN3CCN(c4ccc(OC=O)cc4)CC3)CC2)cc1C=O. The van der Waals surface area contributed by atoms with Crippen molar-refractivity contribution in [2.24, 2.45) is 5.92 Å². The summed E-state index contributed by atoms with van der Waals surface area (Å²) in [6.07, 6.45) is 3.72. The van der Waals surface area contributed by atoms with Crippen molar-refractivity contribution >= 4 is 42.4 Å². The predicted molar refractivity (Wildman–Crippen MR) is 164 cm³/mol. The van der Waals surface area contributed by atoms with E-state index in [9.17, 15) is 24.0 Å². The van der Waals surface area contributed by atoms with Crippen LogP contribution in [0.2, 0.25) is 0 Å². The minimum atomic E-state index is -0.391. The number of anilines is 2. The number of rotatable bonds is 13. The van der Waals surface area contributed by atoms with E-state index in [0.29, 0.717) is 42.1 Å². The van der Waals surface area contributed by atoms with Crippen LogP contribution in [0.5, 0.6) is 5.75 Å². The van der Waals surface area contributed by atoms with Gasteiger partial charge in [-0.05, 0) is 74.6 Å². The highest BCUT2D eigenvalue weighted by Gasteiger charge is 2.26. The zero-order valence-corrected chi connectivity index (χ0v) is 24.9. The van der Waals surface area contributed by atoms with Crippen molar-refractivity contribution in [1.29, 1.82) is 0 Å². The molecule has 230 valence electrons. The van der Waals surface area contributed by atoms with Crippen LogP contribution in [0.1, 0.15) is 53.3 Å². The summed E-state index contributed by atoms with van der Waals surface area (Å²) in [5.74, 6) is 0.487. The number of hydrogen-bond donors (Lipinski definition) is 1. The second-order valence-electron chi connectivity index (χ2n) is 11.3. The summed E-state index contributed by atoms with van der Waals surface area (Å²) < 4.78 is 4.89. The predicted octanol–water partition coefficient (Wildman–Crippen LogP) is 2.59. The van der Waals surface area contributed by atoms with Crippen molar-refractivity contribution in [2.75, 3.05) is 62.7 Å². The molecule has 2 aromatic carbocycles. The third-order valence-electron chi connectivity index (χ3n) is 8.64. The average molecular weight is 592 g/mol. The summed E-state index contributed by atoms with van der Waals surface area (Å²) in [6.45, 7) is 9.04. The van der Waals surface area contributed by atoms with E-state index in [0.717, 1.165) is 76.3 Å². The summed E-state index contributed by atoms with van der Waals surface area (Å²) >= 11 is 0. The van der Waals surface area contributed by atoms with E-state index in [1.165, 1.54) is 4.90 Å². The van der Waals surface area contributed by atoms with Crippen LogP contribution in [0.25, 0.3) is 0 Å². The van der Waals surface area contributed by atoms with Gasteiger partial charge in [-0.3, -0.25) is 34.2 Å². The number of imide groups is 1. The van der Waals surface area contributed by atoms with Gasteiger partial charge in [0, 0.05) is 82.3 Å². The number of amides is 3.